The third kappa shape index (κ3) is 5.91. The summed E-state index contributed by atoms with van der Waals surface area (Å²) in [6.07, 6.45) is 12.5. The predicted molar refractivity (Wildman–Crippen MR) is 201 cm³/mol. The van der Waals surface area contributed by atoms with Gasteiger partial charge in [-0.05, 0) is 109 Å². The van der Waals surface area contributed by atoms with Crippen molar-refractivity contribution in [2.24, 2.45) is 56.7 Å². The monoisotopic (exact) mass is 711 g/mol. The summed E-state index contributed by atoms with van der Waals surface area (Å²) in [6.45, 7) is 25.7. The maximum Gasteiger partial charge on any atom is 0.307 e. The molecule has 1 unspecified atom stereocenters. The summed E-state index contributed by atoms with van der Waals surface area (Å²) in [5.41, 5.74) is 6.05. The van der Waals surface area contributed by atoms with Crippen LogP contribution in [0.5, 0.6) is 0 Å². The Morgan fingerprint density at radius 3 is 2.51 bits per heavy atom. The van der Waals surface area contributed by atoms with Crippen molar-refractivity contribution in [2.45, 2.75) is 151 Å². The van der Waals surface area contributed by atoms with E-state index in [-0.39, 0.29) is 51.2 Å². The van der Waals surface area contributed by atoms with Crippen LogP contribution in [0, 0.1) is 56.7 Å². The average Bonchev–Trinajstić information content (AvgIpc) is 3.50. The number of aliphatic carboxylic acids is 1. The van der Waals surface area contributed by atoms with E-state index in [9.17, 15) is 9.90 Å². The Bertz CT molecular complexity index is 1460. The van der Waals surface area contributed by atoms with Gasteiger partial charge >= 0.3 is 5.97 Å². The lowest BCUT2D eigenvalue weighted by molar-refractivity contribution is -0.255. The van der Waals surface area contributed by atoms with E-state index in [1.54, 1.807) is 4.80 Å². The van der Waals surface area contributed by atoms with E-state index in [1.165, 1.54) is 18.4 Å². The van der Waals surface area contributed by atoms with Crippen LogP contribution < -0.4 is 11.1 Å². The lowest BCUT2D eigenvalue weighted by atomic mass is 9.34. The van der Waals surface area contributed by atoms with Gasteiger partial charge < -0.3 is 25.6 Å². The molecule has 0 amide bonds. The molecule has 1 aliphatic heterocycles. The third-order valence-corrected chi connectivity index (χ3v) is 16.3. The molecule has 1 aromatic heterocycles. The minimum atomic E-state index is -0.629. The zero-order chi connectivity index (χ0) is 37.2. The van der Waals surface area contributed by atoms with Crippen molar-refractivity contribution < 1.29 is 19.4 Å². The van der Waals surface area contributed by atoms with Gasteiger partial charge in [-0.1, -0.05) is 98.3 Å². The zero-order valence-electron chi connectivity index (χ0n) is 33.6. The number of rotatable bonds is 13. The van der Waals surface area contributed by atoms with Crippen LogP contribution >= 0.6 is 0 Å². The summed E-state index contributed by atoms with van der Waals surface area (Å²) < 4.78 is 14.2. The zero-order valence-corrected chi connectivity index (χ0v) is 33.6. The first-order valence-corrected chi connectivity index (χ1v) is 20.4. The minimum Gasteiger partial charge on any atom is -0.481 e. The molecule has 0 spiro atoms. The molecule has 2 bridgehead atoms. The molecule has 4 N–H and O–H groups in total. The Balaban J connectivity index is 1.48. The number of nitrogens with two attached hydrogens (primary N) is 1. The van der Waals surface area contributed by atoms with E-state index in [1.807, 2.05) is 0 Å². The van der Waals surface area contributed by atoms with Gasteiger partial charge in [0.1, 0.15) is 6.04 Å². The third-order valence-electron chi connectivity index (χ3n) is 16.3. The summed E-state index contributed by atoms with van der Waals surface area (Å²) in [4.78, 5) is 15.3. The fourth-order valence-electron chi connectivity index (χ4n) is 13.1. The van der Waals surface area contributed by atoms with Gasteiger partial charge in [0.05, 0.1) is 31.8 Å². The van der Waals surface area contributed by atoms with Crippen molar-refractivity contribution in [1.29, 1.82) is 0 Å². The van der Waals surface area contributed by atoms with E-state index in [4.69, 9.17) is 15.2 Å². The fourth-order valence-corrected chi connectivity index (χ4v) is 13.1. The molecule has 10 heteroatoms. The molecule has 288 valence electrons. The van der Waals surface area contributed by atoms with Crippen LogP contribution in [0.25, 0.3) is 0 Å². The van der Waals surface area contributed by atoms with Gasteiger partial charge in [0.15, 0.2) is 0 Å². The number of unbranched alkanes of at least 4 members (excludes halogenated alkanes) is 2. The molecule has 1 saturated heterocycles. The Kier molecular flexibility index (Phi) is 10.4. The number of carboxylic acids is 1. The van der Waals surface area contributed by atoms with Crippen molar-refractivity contribution in [3.63, 3.8) is 0 Å². The number of aromatic nitrogens is 4. The van der Waals surface area contributed by atoms with Gasteiger partial charge in [0.2, 0.25) is 0 Å². The summed E-state index contributed by atoms with van der Waals surface area (Å²) >= 11 is 0. The molecule has 6 rings (SSSR count). The van der Waals surface area contributed by atoms with Crippen molar-refractivity contribution >= 4 is 11.9 Å². The summed E-state index contributed by atoms with van der Waals surface area (Å²) in [7, 11) is 0. The maximum atomic E-state index is 13.6. The molecule has 0 radical (unpaired) electrons. The number of allylic oxidation sites excluding steroid dienone is 1. The molecule has 4 fully saturated rings. The van der Waals surface area contributed by atoms with Gasteiger partial charge in [-0.2, -0.15) is 4.80 Å². The van der Waals surface area contributed by atoms with Crippen molar-refractivity contribution in [2.75, 3.05) is 32.1 Å². The summed E-state index contributed by atoms with van der Waals surface area (Å²) in [5, 5.41) is 28.3. The van der Waals surface area contributed by atoms with Gasteiger partial charge in [-0.15, -0.1) is 5.10 Å². The first kappa shape index (κ1) is 38.7. The second-order valence-corrected chi connectivity index (χ2v) is 19.4. The average molecular weight is 711 g/mol. The number of anilines is 1. The molecule has 2 heterocycles. The lowest BCUT2D eigenvalue weighted by Gasteiger charge is -2.71. The Morgan fingerprint density at radius 2 is 1.88 bits per heavy atom. The van der Waals surface area contributed by atoms with Crippen LogP contribution in [0.1, 0.15) is 139 Å². The number of nitrogen functional groups attached to an aromatic ring is 1. The summed E-state index contributed by atoms with van der Waals surface area (Å²) in [5.74, 6) is 0.440. The van der Waals surface area contributed by atoms with Crippen LogP contribution in [0.4, 0.5) is 5.95 Å². The highest BCUT2D eigenvalue weighted by molar-refractivity contribution is 5.73. The number of ether oxygens (including phenoxy) is 2. The quantitative estimate of drug-likeness (QED) is 0.139. The maximum absolute atomic E-state index is 13.6. The number of hydrogen-bond donors (Lipinski definition) is 3. The molecule has 10 nitrogen and oxygen atoms in total. The van der Waals surface area contributed by atoms with E-state index in [0.717, 1.165) is 57.9 Å². The lowest BCUT2D eigenvalue weighted by Crippen LogP contribution is -2.70. The van der Waals surface area contributed by atoms with Crippen LogP contribution in [0.2, 0.25) is 0 Å². The molecule has 1 aromatic rings. The molecular weight excluding hydrogens is 640 g/mol. The minimum absolute atomic E-state index is 0.105. The number of carboxylic acid groups (broad SMARTS) is 1. The first-order chi connectivity index (χ1) is 24.0. The standard InChI is InChI=1S/C41H70N6O4/c1-11-13-14-18-37(7,43-12-2)24-51-33-30(47-45-35(42)44-46-47)22-36(6)23-50-25-41(33)29-17-19-40(10)32(34(48)49)38(8,27(5)26(3)4)20-21-39(40,9)28(29)15-16-31(36)41/h17,26-28,30-33,43H,11-16,18-25H2,1-10H3,(H2,42,45)(H,48,49)/t27-,28+,30-,31-,32-,33+,36-,37?,38-,39-,40+,41+/m1/s1. The predicted octanol–water partition coefficient (Wildman–Crippen LogP) is 7.72. The Hall–Kier alpha value is -2.04. The van der Waals surface area contributed by atoms with Crippen molar-refractivity contribution in [3.8, 4) is 0 Å². The molecule has 51 heavy (non-hydrogen) atoms. The first-order valence-electron chi connectivity index (χ1n) is 20.4. The number of hydrogen-bond acceptors (Lipinski definition) is 8. The Labute approximate surface area is 307 Å². The highest BCUT2D eigenvalue weighted by atomic mass is 16.5. The molecule has 3 saturated carbocycles. The largest absolute Gasteiger partial charge is 0.481 e. The van der Waals surface area contributed by atoms with E-state index in [0.29, 0.717) is 37.6 Å². The van der Waals surface area contributed by atoms with Crippen LogP contribution in [-0.4, -0.2) is 69.3 Å². The van der Waals surface area contributed by atoms with Gasteiger partial charge in [-0.3, -0.25) is 4.79 Å². The molecular formula is C41H70N6O4. The van der Waals surface area contributed by atoms with E-state index in [2.05, 4.69) is 96.0 Å². The van der Waals surface area contributed by atoms with Crippen LogP contribution in [0.3, 0.4) is 0 Å². The summed E-state index contributed by atoms with van der Waals surface area (Å²) in [6, 6.07) is -0.157. The highest BCUT2D eigenvalue weighted by Gasteiger charge is 2.73. The van der Waals surface area contributed by atoms with Crippen LogP contribution in [-0.2, 0) is 14.3 Å². The number of nitrogens with zero attached hydrogens (tertiary/aromatic N) is 4. The van der Waals surface area contributed by atoms with Crippen molar-refractivity contribution in [3.05, 3.63) is 11.6 Å². The van der Waals surface area contributed by atoms with Gasteiger partial charge in [0.25, 0.3) is 5.95 Å². The van der Waals surface area contributed by atoms with Gasteiger partial charge in [0, 0.05) is 11.0 Å². The fraction of sp³-hybridized carbons (Fsp3) is 0.902. The second kappa shape index (κ2) is 13.7. The Morgan fingerprint density at radius 1 is 1.14 bits per heavy atom. The number of likely N-dealkylation sites (N-methyl/N-ethyl adjacent to an activating group) is 1. The smallest absolute Gasteiger partial charge is 0.307 e. The number of nitrogens with one attached hydrogen (secondary N) is 1. The SMILES string of the molecule is CCCCCC(C)(CO[C@H]1[C@H](n2nnc(N)n2)C[C@]2(C)COC[C@@]13C1=CC[C@@]4(C)[C@H](C(=O)O)[C@@](C)([C@H](C)C(C)C)CC[C@]4(C)[C@H]1CC[C@H]23)NCC. The van der Waals surface area contributed by atoms with Gasteiger partial charge in [-0.25, -0.2) is 0 Å². The highest BCUT2D eigenvalue weighted by Crippen LogP contribution is 2.75. The molecule has 12 atom stereocenters. The van der Waals surface area contributed by atoms with E-state index < -0.39 is 17.3 Å². The van der Waals surface area contributed by atoms with Crippen LogP contribution in [0.15, 0.2) is 11.6 Å². The topological polar surface area (TPSA) is 137 Å². The number of tetrazole rings is 1. The molecule has 4 aliphatic carbocycles. The van der Waals surface area contributed by atoms with Crippen molar-refractivity contribution in [1.82, 2.24) is 25.5 Å². The number of carbonyl (C=O) groups is 1. The molecule has 0 aromatic carbocycles. The van der Waals surface area contributed by atoms with E-state index >= 15 is 0 Å². The second-order valence-electron chi connectivity index (χ2n) is 19.4. The normalized spacial score (nSPS) is 42.3. The molecule has 5 aliphatic rings. The number of fused-ring (bicyclic) bond motifs is 3.